The Labute approximate surface area is 123 Å². The van der Waals surface area contributed by atoms with Gasteiger partial charge in [0.2, 0.25) is 0 Å². The van der Waals surface area contributed by atoms with Crippen molar-refractivity contribution in [2.75, 3.05) is 7.11 Å². The van der Waals surface area contributed by atoms with E-state index in [0.29, 0.717) is 17.7 Å². The second-order valence-corrected chi connectivity index (χ2v) is 6.21. The number of fused-ring (bicyclic) bond motifs is 1. The fraction of sp³-hybridized carbons (Fsp3) is 0.500. The summed E-state index contributed by atoms with van der Waals surface area (Å²) in [4.78, 5) is 22.9. The van der Waals surface area contributed by atoms with E-state index < -0.39 is 12.1 Å². The minimum Gasteiger partial charge on any atom is -0.469 e. The van der Waals surface area contributed by atoms with Crippen LogP contribution in [0.3, 0.4) is 0 Å². The number of hydrogen-bond acceptors (Lipinski definition) is 5. The van der Waals surface area contributed by atoms with Gasteiger partial charge < -0.3 is 14.6 Å². The molecule has 1 aromatic rings. The fourth-order valence-corrected chi connectivity index (χ4v) is 2.36. The van der Waals surface area contributed by atoms with Crippen LogP contribution in [0.1, 0.15) is 50.0 Å². The topological polar surface area (TPSA) is 72.8 Å². The largest absolute Gasteiger partial charge is 0.469 e. The van der Waals surface area contributed by atoms with Crippen LogP contribution in [-0.2, 0) is 26.2 Å². The minimum absolute atomic E-state index is 0.240. The molecule has 0 aromatic heterocycles. The van der Waals surface area contributed by atoms with E-state index in [1.165, 1.54) is 7.11 Å². The maximum absolute atomic E-state index is 11.6. The van der Waals surface area contributed by atoms with Gasteiger partial charge in [-0.25, -0.2) is 4.79 Å². The Bertz CT molecular complexity index is 583. The number of esters is 2. The SMILES string of the molecule is COC(=O)CCc1cc2c(c(C(C)(C)C)c1)OC(=O)C2O. The van der Waals surface area contributed by atoms with Gasteiger partial charge in [0.1, 0.15) is 5.75 Å². The first-order chi connectivity index (χ1) is 9.74. The average molecular weight is 292 g/mol. The van der Waals surface area contributed by atoms with E-state index >= 15 is 0 Å². The zero-order chi connectivity index (χ0) is 15.8. The Morgan fingerprint density at radius 3 is 2.62 bits per heavy atom. The molecule has 1 aromatic carbocycles. The maximum atomic E-state index is 11.6. The van der Waals surface area contributed by atoms with Crippen molar-refractivity contribution in [3.05, 3.63) is 28.8 Å². The van der Waals surface area contributed by atoms with Gasteiger partial charge in [-0.15, -0.1) is 0 Å². The summed E-state index contributed by atoms with van der Waals surface area (Å²) >= 11 is 0. The molecule has 5 nitrogen and oxygen atoms in total. The predicted octanol–water partition coefficient (Wildman–Crippen LogP) is 2.04. The van der Waals surface area contributed by atoms with E-state index in [2.05, 4.69) is 4.74 Å². The molecule has 0 amide bonds. The van der Waals surface area contributed by atoms with Gasteiger partial charge in [0.25, 0.3) is 0 Å². The van der Waals surface area contributed by atoms with Crippen molar-refractivity contribution >= 4 is 11.9 Å². The van der Waals surface area contributed by atoms with E-state index in [-0.39, 0.29) is 17.8 Å². The van der Waals surface area contributed by atoms with E-state index in [1.807, 2.05) is 26.8 Å². The van der Waals surface area contributed by atoms with Gasteiger partial charge in [-0.1, -0.05) is 26.8 Å². The van der Waals surface area contributed by atoms with Gasteiger partial charge in [0.05, 0.1) is 7.11 Å². The first-order valence-corrected chi connectivity index (χ1v) is 6.88. The van der Waals surface area contributed by atoms with Crippen molar-refractivity contribution in [3.63, 3.8) is 0 Å². The molecule has 1 aliphatic rings. The standard InChI is InChI=1S/C16H20O5/c1-16(2,3)11-8-9(5-6-12(17)20-4)7-10-13(18)15(19)21-14(10)11/h7-8,13,18H,5-6H2,1-4H3. The Morgan fingerprint density at radius 2 is 2.05 bits per heavy atom. The molecule has 0 bridgehead atoms. The molecule has 2 rings (SSSR count). The Hall–Kier alpha value is -1.88. The second-order valence-electron chi connectivity index (χ2n) is 6.21. The zero-order valence-corrected chi connectivity index (χ0v) is 12.7. The first-order valence-electron chi connectivity index (χ1n) is 6.88. The van der Waals surface area contributed by atoms with Crippen LogP contribution in [0.2, 0.25) is 0 Å². The summed E-state index contributed by atoms with van der Waals surface area (Å²) in [6.07, 6.45) is -0.507. The molecule has 1 heterocycles. The molecule has 21 heavy (non-hydrogen) atoms. The second kappa shape index (κ2) is 5.48. The number of methoxy groups -OCH3 is 1. The first kappa shape index (κ1) is 15.5. The molecule has 1 atom stereocenters. The van der Waals surface area contributed by atoms with Gasteiger partial charge in [-0.3, -0.25) is 4.79 Å². The molecule has 0 saturated carbocycles. The lowest BCUT2D eigenvalue weighted by Gasteiger charge is -2.22. The van der Waals surface area contributed by atoms with Gasteiger partial charge in [0, 0.05) is 17.5 Å². The van der Waals surface area contributed by atoms with E-state index in [4.69, 9.17) is 4.74 Å². The van der Waals surface area contributed by atoms with Crippen molar-refractivity contribution in [3.8, 4) is 5.75 Å². The van der Waals surface area contributed by atoms with Crippen molar-refractivity contribution < 1.29 is 24.2 Å². The Kier molecular flexibility index (Phi) is 4.05. The third kappa shape index (κ3) is 3.08. The third-order valence-electron chi connectivity index (χ3n) is 3.55. The average Bonchev–Trinajstić information content (AvgIpc) is 2.70. The smallest absolute Gasteiger partial charge is 0.345 e. The summed E-state index contributed by atoms with van der Waals surface area (Å²) in [7, 11) is 1.35. The molecule has 0 fully saturated rings. The highest BCUT2D eigenvalue weighted by Gasteiger charge is 2.36. The van der Waals surface area contributed by atoms with Gasteiger partial charge in [-0.2, -0.15) is 0 Å². The molecule has 0 spiro atoms. The minimum atomic E-state index is -1.25. The van der Waals surface area contributed by atoms with Gasteiger partial charge in [-0.05, 0) is 23.5 Å². The number of rotatable bonds is 3. The van der Waals surface area contributed by atoms with Crippen LogP contribution < -0.4 is 4.74 Å². The summed E-state index contributed by atoms with van der Waals surface area (Å²) in [5.41, 5.74) is 1.97. The number of ether oxygens (including phenoxy) is 2. The molecule has 1 N–H and O–H groups in total. The summed E-state index contributed by atoms with van der Waals surface area (Å²) in [6, 6.07) is 3.65. The molecule has 1 aliphatic heterocycles. The van der Waals surface area contributed by atoms with E-state index in [1.54, 1.807) is 6.07 Å². The molecule has 1 unspecified atom stereocenters. The van der Waals surface area contributed by atoms with Gasteiger partial charge in [0.15, 0.2) is 6.10 Å². The number of carbonyl (C=O) groups excluding carboxylic acids is 2. The third-order valence-corrected chi connectivity index (χ3v) is 3.55. The Morgan fingerprint density at radius 1 is 1.38 bits per heavy atom. The number of aryl methyl sites for hydroxylation is 1. The van der Waals surface area contributed by atoms with Crippen LogP contribution >= 0.6 is 0 Å². The van der Waals surface area contributed by atoms with Crippen LogP contribution in [0, 0.1) is 0 Å². The van der Waals surface area contributed by atoms with Crippen molar-refractivity contribution in [2.45, 2.75) is 45.1 Å². The fourth-order valence-electron chi connectivity index (χ4n) is 2.36. The quantitative estimate of drug-likeness (QED) is 0.682. The van der Waals surface area contributed by atoms with Crippen molar-refractivity contribution in [2.24, 2.45) is 0 Å². The number of benzene rings is 1. The number of aliphatic hydroxyl groups excluding tert-OH is 1. The summed E-state index contributed by atoms with van der Waals surface area (Å²) in [6.45, 7) is 6.02. The summed E-state index contributed by atoms with van der Waals surface area (Å²) in [5.74, 6) is -0.497. The summed E-state index contributed by atoms with van der Waals surface area (Å²) < 4.78 is 9.83. The number of aliphatic hydroxyl groups is 1. The highest BCUT2D eigenvalue weighted by atomic mass is 16.6. The normalized spacial score (nSPS) is 17.4. The highest BCUT2D eigenvalue weighted by molar-refractivity contribution is 5.85. The maximum Gasteiger partial charge on any atom is 0.345 e. The van der Waals surface area contributed by atoms with Crippen LogP contribution in [0.25, 0.3) is 0 Å². The van der Waals surface area contributed by atoms with Crippen LogP contribution in [0.4, 0.5) is 0 Å². The van der Waals surface area contributed by atoms with Gasteiger partial charge >= 0.3 is 11.9 Å². The molecular formula is C16H20O5. The lowest BCUT2D eigenvalue weighted by atomic mass is 9.83. The molecule has 0 saturated heterocycles. The summed E-state index contributed by atoms with van der Waals surface area (Å²) in [5, 5.41) is 9.92. The van der Waals surface area contributed by atoms with Crippen molar-refractivity contribution in [1.29, 1.82) is 0 Å². The molecule has 0 aliphatic carbocycles. The molecule has 0 radical (unpaired) electrons. The predicted molar refractivity (Wildman–Crippen MR) is 76.1 cm³/mol. The monoisotopic (exact) mass is 292 g/mol. The highest BCUT2D eigenvalue weighted by Crippen LogP contribution is 2.42. The zero-order valence-electron chi connectivity index (χ0n) is 12.7. The molecule has 114 valence electrons. The van der Waals surface area contributed by atoms with E-state index in [9.17, 15) is 14.7 Å². The number of hydrogen-bond donors (Lipinski definition) is 1. The number of carbonyl (C=O) groups is 2. The van der Waals surface area contributed by atoms with Crippen LogP contribution in [0.15, 0.2) is 12.1 Å². The lowest BCUT2D eigenvalue weighted by molar-refractivity contribution is -0.141. The molecule has 5 heteroatoms. The van der Waals surface area contributed by atoms with E-state index in [0.717, 1.165) is 11.1 Å². The van der Waals surface area contributed by atoms with Crippen LogP contribution in [-0.4, -0.2) is 24.2 Å². The van der Waals surface area contributed by atoms with Crippen molar-refractivity contribution in [1.82, 2.24) is 0 Å². The Balaban J connectivity index is 2.42. The van der Waals surface area contributed by atoms with Crippen LogP contribution in [0.5, 0.6) is 5.75 Å². The lowest BCUT2D eigenvalue weighted by Crippen LogP contribution is -2.14. The molecular weight excluding hydrogens is 272 g/mol.